The smallest absolute Gasteiger partial charge is 0.123 e. The van der Waals surface area contributed by atoms with Crippen molar-refractivity contribution < 1.29 is 4.39 Å². The first-order chi connectivity index (χ1) is 14.0. The molecule has 0 aliphatic rings. The molecule has 0 aromatic heterocycles. The maximum absolute atomic E-state index is 13.5. The second-order valence-corrected chi connectivity index (χ2v) is 8.30. The highest BCUT2D eigenvalue weighted by Gasteiger charge is 2.36. The Hall–Kier alpha value is -2.18. The van der Waals surface area contributed by atoms with E-state index in [1.54, 1.807) is 12.1 Å². The average Bonchev–Trinajstić information content (AvgIpc) is 2.73. The van der Waals surface area contributed by atoms with Gasteiger partial charge < -0.3 is 0 Å². The van der Waals surface area contributed by atoms with Gasteiger partial charge in [0.05, 0.1) is 11.5 Å². The number of hydrogen-bond donors (Lipinski definition) is 0. The number of benzene rings is 2. The SMILES string of the molecule is CCCN(Cc1ccccc1)C(CC)CCC(C#N)(c1ccc(F)cc1)C(C)C. The Morgan fingerprint density at radius 2 is 1.69 bits per heavy atom. The Morgan fingerprint density at radius 3 is 2.21 bits per heavy atom. The normalized spacial score (nSPS) is 14.6. The predicted octanol–water partition coefficient (Wildman–Crippen LogP) is 6.71. The summed E-state index contributed by atoms with van der Waals surface area (Å²) in [6.07, 6.45) is 3.89. The summed E-state index contributed by atoms with van der Waals surface area (Å²) in [5.74, 6) is -0.100. The number of hydrogen-bond acceptors (Lipinski definition) is 2. The third kappa shape index (κ3) is 5.90. The van der Waals surface area contributed by atoms with Crippen LogP contribution in [0.15, 0.2) is 54.6 Å². The van der Waals surface area contributed by atoms with E-state index >= 15 is 0 Å². The summed E-state index contributed by atoms with van der Waals surface area (Å²) in [6.45, 7) is 10.6. The largest absolute Gasteiger partial charge is 0.296 e. The van der Waals surface area contributed by atoms with Crippen LogP contribution in [0.1, 0.15) is 64.5 Å². The lowest BCUT2D eigenvalue weighted by molar-refractivity contribution is 0.160. The zero-order valence-corrected chi connectivity index (χ0v) is 18.4. The molecule has 2 aromatic carbocycles. The Balaban J connectivity index is 2.21. The Bertz CT molecular complexity index is 764. The van der Waals surface area contributed by atoms with E-state index in [0.29, 0.717) is 6.04 Å². The molecule has 0 saturated heterocycles. The highest BCUT2D eigenvalue weighted by Crippen LogP contribution is 2.38. The first-order valence-corrected chi connectivity index (χ1v) is 10.9. The van der Waals surface area contributed by atoms with E-state index < -0.39 is 5.41 Å². The van der Waals surface area contributed by atoms with Crippen molar-refractivity contribution in [1.82, 2.24) is 4.90 Å². The minimum absolute atomic E-state index is 0.157. The molecule has 2 rings (SSSR count). The van der Waals surface area contributed by atoms with Gasteiger partial charge in [0.2, 0.25) is 0 Å². The van der Waals surface area contributed by atoms with Gasteiger partial charge in [0.1, 0.15) is 5.82 Å². The first-order valence-electron chi connectivity index (χ1n) is 10.9. The summed E-state index contributed by atoms with van der Waals surface area (Å²) in [5.41, 5.74) is 1.66. The molecular weight excluding hydrogens is 359 g/mol. The van der Waals surface area contributed by atoms with Gasteiger partial charge in [-0.1, -0.05) is 70.2 Å². The van der Waals surface area contributed by atoms with Gasteiger partial charge in [0.15, 0.2) is 0 Å². The second kappa shape index (κ2) is 11.1. The van der Waals surface area contributed by atoms with Crippen molar-refractivity contribution in [1.29, 1.82) is 5.26 Å². The molecule has 0 bridgehead atoms. The van der Waals surface area contributed by atoms with Crippen LogP contribution in [-0.2, 0) is 12.0 Å². The van der Waals surface area contributed by atoms with Gasteiger partial charge in [-0.05, 0) is 61.4 Å². The molecule has 3 heteroatoms. The van der Waals surface area contributed by atoms with Crippen molar-refractivity contribution in [2.24, 2.45) is 5.92 Å². The number of nitriles is 1. The molecule has 0 heterocycles. The van der Waals surface area contributed by atoms with Crippen LogP contribution in [-0.4, -0.2) is 17.5 Å². The zero-order valence-electron chi connectivity index (χ0n) is 18.4. The highest BCUT2D eigenvalue weighted by atomic mass is 19.1. The van der Waals surface area contributed by atoms with E-state index in [1.165, 1.54) is 17.7 Å². The van der Waals surface area contributed by atoms with Gasteiger partial charge in [-0.3, -0.25) is 4.90 Å². The molecule has 2 atom stereocenters. The summed E-state index contributed by atoms with van der Waals surface area (Å²) in [4.78, 5) is 2.56. The molecular formula is C26H35FN2. The maximum atomic E-state index is 13.5. The van der Waals surface area contributed by atoms with Crippen molar-refractivity contribution in [2.45, 2.75) is 71.4 Å². The van der Waals surface area contributed by atoms with Crippen LogP contribution in [0.5, 0.6) is 0 Å². The van der Waals surface area contributed by atoms with Crippen LogP contribution in [0, 0.1) is 23.1 Å². The summed E-state index contributed by atoms with van der Waals surface area (Å²) < 4.78 is 13.5. The van der Waals surface area contributed by atoms with E-state index in [1.807, 2.05) is 0 Å². The molecule has 156 valence electrons. The van der Waals surface area contributed by atoms with E-state index in [0.717, 1.165) is 44.3 Å². The minimum atomic E-state index is -0.592. The second-order valence-electron chi connectivity index (χ2n) is 8.30. The topological polar surface area (TPSA) is 27.0 Å². The number of halogens is 1. The number of rotatable bonds is 11. The summed E-state index contributed by atoms with van der Waals surface area (Å²) in [7, 11) is 0. The molecule has 0 saturated carbocycles. The molecule has 2 aromatic rings. The van der Waals surface area contributed by atoms with E-state index in [4.69, 9.17) is 0 Å². The van der Waals surface area contributed by atoms with Gasteiger partial charge in [-0.25, -0.2) is 4.39 Å². The van der Waals surface area contributed by atoms with Crippen LogP contribution in [0.25, 0.3) is 0 Å². The molecule has 0 amide bonds. The van der Waals surface area contributed by atoms with Crippen molar-refractivity contribution in [2.75, 3.05) is 6.54 Å². The van der Waals surface area contributed by atoms with Crippen molar-refractivity contribution in [3.8, 4) is 6.07 Å². The van der Waals surface area contributed by atoms with E-state index in [2.05, 4.69) is 69.0 Å². The number of nitrogens with zero attached hydrogens (tertiary/aromatic N) is 2. The average molecular weight is 395 g/mol. The highest BCUT2D eigenvalue weighted by molar-refractivity contribution is 5.33. The third-order valence-corrected chi connectivity index (χ3v) is 6.14. The molecule has 0 N–H and O–H groups in total. The predicted molar refractivity (Wildman–Crippen MR) is 119 cm³/mol. The van der Waals surface area contributed by atoms with Crippen molar-refractivity contribution >= 4 is 0 Å². The fourth-order valence-corrected chi connectivity index (χ4v) is 4.30. The minimum Gasteiger partial charge on any atom is -0.296 e. The molecule has 2 nitrogen and oxygen atoms in total. The summed E-state index contributed by atoms with van der Waals surface area (Å²) in [6, 6.07) is 20.1. The standard InChI is InChI=1S/C26H35FN2/c1-5-18-29(19-22-10-8-7-9-11-22)25(6-2)16-17-26(20-28,21(3)4)23-12-14-24(27)15-13-23/h7-15,21,25H,5-6,16-19H2,1-4H3. The lowest BCUT2D eigenvalue weighted by Gasteiger charge is -2.36. The van der Waals surface area contributed by atoms with Crippen LogP contribution >= 0.6 is 0 Å². The molecule has 29 heavy (non-hydrogen) atoms. The molecule has 0 aliphatic heterocycles. The monoisotopic (exact) mass is 394 g/mol. The quantitative estimate of drug-likeness (QED) is 0.423. The molecule has 0 fully saturated rings. The maximum Gasteiger partial charge on any atom is 0.123 e. The molecule has 2 unspecified atom stereocenters. The van der Waals surface area contributed by atoms with Crippen LogP contribution in [0.4, 0.5) is 4.39 Å². The Morgan fingerprint density at radius 1 is 1.03 bits per heavy atom. The lowest BCUT2D eigenvalue weighted by atomic mass is 9.69. The van der Waals surface area contributed by atoms with E-state index in [9.17, 15) is 9.65 Å². The van der Waals surface area contributed by atoms with Crippen LogP contribution in [0.2, 0.25) is 0 Å². The lowest BCUT2D eigenvalue weighted by Crippen LogP contribution is -2.38. The van der Waals surface area contributed by atoms with Gasteiger partial charge >= 0.3 is 0 Å². The van der Waals surface area contributed by atoms with Crippen LogP contribution in [0.3, 0.4) is 0 Å². The third-order valence-electron chi connectivity index (χ3n) is 6.14. The Labute approximate surface area is 176 Å². The van der Waals surface area contributed by atoms with Gasteiger partial charge in [0.25, 0.3) is 0 Å². The summed E-state index contributed by atoms with van der Waals surface area (Å²) >= 11 is 0. The van der Waals surface area contributed by atoms with E-state index in [-0.39, 0.29) is 11.7 Å². The molecule has 0 radical (unpaired) electrons. The van der Waals surface area contributed by atoms with Gasteiger partial charge in [-0.15, -0.1) is 0 Å². The van der Waals surface area contributed by atoms with Gasteiger partial charge in [-0.2, -0.15) is 5.26 Å². The Kier molecular flexibility index (Phi) is 8.86. The summed E-state index contributed by atoms with van der Waals surface area (Å²) in [5, 5.41) is 10.2. The van der Waals surface area contributed by atoms with Gasteiger partial charge in [0, 0.05) is 12.6 Å². The van der Waals surface area contributed by atoms with Crippen molar-refractivity contribution in [3.05, 3.63) is 71.5 Å². The molecule has 0 spiro atoms. The molecule has 0 aliphatic carbocycles. The fraction of sp³-hybridized carbons (Fsp3) is 0.500. The fourth-order valence-electron chi connectivity index (χ4n) is 4.30. The van der Waals surface area contributed by atoms with Crippen molar-refractivity contribution in [3.63, 3.8) is 0 Å². The van der Waals surface area contributed by atoms with Crippen LogP contribution < -0.4 is 0 Å². The first kappa shape index (κ1) is 23.1. The zero-order chi connectivity index (χ0) is 21.3.